The van der Waals surface area contributed by atoms with Crippen molar-refractivity contribution in [1.29, 1.82) is 0 Å². The highest BCUT2D eigenvalue weighted by molar-refractivity contribution is 7.17. The summed E-state index contributed by atoms with van der Waals surface area (Å²) in [6.07, 6.45) is 4.34. The number of ether oxygens (including phenoxy) is 2. The van der Waals surface area contributed by atoms with Crippen molar-refractivity contribution in [3.05, 3.63) is 83.0 Å². The third-order valence-corrected chi connectivity index (χ3v) is 7.53. The Morgan fingerprint density at radius 1 is 1.08 bits per heavy atom. The van der Waals surface area contributed by atoms with Gasteiger partial charge in [-0.25, -0.2) is 9.97 Å². The second kappa shape index (κ2) is 9.67. The van der Waals surface area contributed by atoms with Crippen LogP contribution in [0.3, 0.4) is 0 Å². The lowest BCUT2D eigenvalue weighted by Crippen LogP contribution is -2.33. The van der Waals surface area contributed by atoms with E-state index in [1.54, 1.807) is 41.4 Å². The van der Waals surface area contributed by atoms with Crippen molar-refractivity contribution in [3.8, 4) is 28.0 Å². The molecule has 37 heavy (non-hydrogen) atoms. The zero-order valence-corrected chi connectivity index (χ0v) is 21.0. The van der Waals surface area contributed by atoms with Gasteiger partial charge in [0, 0.05) is 35.3 Å². The van der Waals surface area contributed by atoms with Gasteiger partial charge in [-0.3, -0.25) is 9.59 Å². The molecule has 8 nitrogen and oxygen atoms in total. The Bertz CT molecular complexity index is 1500. The number of amides is 2. The van der Waals surface area contributed by atoms with Crippen LogP contribution in [0.1, 0.15) is 38.6 Å². The van der Waals surface area contributed by atoms with E-state index in [4.69, 9.17) is 9.47 Å². The molecule has 186 valence electrons. The smallest absolute Gasteiger partial charge is 0.277 e. The van der Waals surface area contributed by atoms with Gasteiger partial charge in [0.25, 0.3) is 17.7 Å². The maximum Gasteiger partial charge on any atom is 0.277 e. The third-order valence-electron chi connectivity index (χ3n) is 6.32. The fourth-order valence-corrected chi connectivity index (χ4v) is 5.50. The monoisotopic (exact) mass is 512 g/mol. The summed E-state index contributed by atoms with van der Waals surface area (Å²) in [7, 11) is 1.51. The topological polar surface area (TPSA) is 93.7 Å². The Morgan fingerprint density at radius 2 is 1.95 bits per heavy atom. The van der Waals surface area contributed by atoms with E-state index in [-0.39, 0.29) is 23.4 Å². The van der Waals surface area contributed by atoms with Crippen LogP contribution < -0.4 is 19.7 Å². The van der Waals surface area contributed by atoms with Gasteiger partial charge in [-0.2, -0.15) is 0 Å². The van der Waals surface area contributed by atoms with Gasteiger partial charge < -0.3 is 19.7 Å². The molecule has 0 spiro atoms. The number of para-hydroxylation sites is 1. The summed E-state index contributed by atoms with van der Waals surface area (Å²) < 4.78 is 11.1. The highest BCUT2D eigenvalue weighted by Crippen LogP contribution is 2.42. The Hall–Kier alpha value is -4.24. The van der Waals surface area contributed by atoms with Crippen molar-refractivity contribution in [1.82, 2.24) is 15.3 Å². The van der Waals surface area contributed by atoms with Crippen molar-refractivity contribution < 1.29 is 19.1 Å². The Kier molecular flexibility index (Phi) is 6.05. The van der Waals surface area contributed by atoms with Crippen molar-refractivity contribution in [2.45, 2.75) is 25.3 Å². The molecule has 0 saturated heterocycles. The number of hydrogen-bond donors (Lipinski definition) is 1. The first-order valence-electron chi connectivity index (χ1n) is 12.1. The fraction of sp³-hybridized carbons (Fsp3) is 0.214. The number of nitrogens with zero attached hydrogens (tertiary/aromatic N) is 3. The van der Waals surface area contributed by atoms with Crippen molar-refractivity contribution in [2.24, 2.45) is 0 Å². The minimum absolute atomic E-state index is 0.0164. The van der Waals surface area contributed by atoms with Gasteiger partial charge in [0.1, 0.15) is 5.69 Å². The van der Waals surface area contributed by atoms with Crippen LogP contribution in [-0.4, -0.2) is 41.5 Å². The van der Waals surface area contributed by atoms with Gasteiger partial charge >= 0.3 is 0 Å². The molecule has 1 aromatic carbocycles. The number of carbonyl (C=O) groups is 2. The van der Waals surface area contributed by atoms with E-state index in [1.807, 2.05) is 30.3 Å². The standard InChI is InChI=1S/C28H24N4O4S/c1-35-27-22(9-5-14-29-27)36-24-10-4-7-20(31-24)28(34)32-15-13-17-16-23(26(33)30-18-11-12-18)37-25(17)19-6-2-3-8-21(19)32/h2-10,14,16,18H,11-13,15H2,1H3,(H,30,33). The zero-order valence-electron chi connectivity index (χ0n) is 20.1. The Labute approximate surface area is 217 Å². The molecule has 9 heteroatoms. The molecular weight excluding hydrogens is 488 g/mol. The van der Waals surface area contributed by atoms with Gasteiger partial charge in [0.05, 0.1) is 17.7 Å². The first-order valence-corrected chi connectivity index (χ1v) is 12.9. The molecule has 1 saturated carbocycles. The van der Waals surface area contributed by atoms with Crippen LogP contribution in [0.5, 0.6) is 17.5 Å². The average Bonchev–Trinajstić information content (AvgIpc) is 3.67. The van der Waals surface area contributed by atoms with E-state index >= 15 is 0 Å². The predicted molar refractivity (Wildman–Crippen MR) is 141 cm³/mol. The van der Waals surface area contributed by atoms with Crippen LogP contribution in [0.15, 0.2) is 66.9 Å². The molecule has 0 radical (unpaired) electrons. The van der Waals surface area contributed by atoms with E-state index in [9.17, 15) is 9.59 Å². The first-order chi connectivity index (χ1) is 18.1. The zero-order chi connectivity index (χ0) is 25.4. The number of aromatic nitrogens is 2. The Morgan fingerprint density at radius 3 is 2.78 bits per heavy atom. The molecule has 2 aliphatic rings. The molecule has 1 aliphatic heterocycles. The summed E-state index contributed by atoms with van der Waals surface area (Å²) in [5.41, 5.74) is 3.07. The number of carbonyl (C=O) groups excluding carboxylic acids is 2. The van der Waals surface area contributed by atoms with Gasteiger partial charge in [0.15, 0.2) is 5.75 Å². The highest BCUT2D eigenvalue weighted by atomic mass is 32.1. The van der Waals surface area contributed by atoms with E-state index in [0.717, 1.165) is 34.5 Å². The molecule has 0 atom stereocenters. The van der Waals surface area contributed by atoms with Crippen LogP contribution >= 0.6 is 11.3 Å². The first kappa shape index (κ1) is 23.2. The van der Waals surface area contributed by atoms with Crippen molar-refractivity contribution in [2.75, 3.05) is 18.6 Å². The summed E-state index contributed by atoms with van der Waals surface area (Å²) in [5.74, 6) is 0.771. The van der Waals surface area contributed by atoms with E-state index in [2.05, 4.69) is 15.3 Å². The van der Waals surface area contributed by atoms with Crippen LogP contribution in [0, 0.1) is 0 Å². The number of nitrogens with one attached hydrogen (secondary N) is 1. The van der Waals surface area contributed by atoms with Crippen LogP contribution in [0.2, 0.25) is 0 Å². The van der Waals surface area contributed by atoms with Gasteiger partial charge in [0.2, 0.25) is 5.88 Å². The third kappa shape index (κ3) is 4.65. The average molecular weight is 513 g/mol. The number of rotatable bonds is 6. The SMILES string of the molecule is COc1ncccc1Oc1cccc(C(=O)N2CCc3cc(C(=O)NC4CC4)sc3-c3ccccc32)n1. The minimum atomic E-state index is -0.224. The highest BCUT2D eigenvalue weighted by Gasteiger charge is 2.29. The number of methoxy groups -OCH3 is 1. The van der Waals surface area contributed by atoms with Crippen LogP contribution in [0.4, 0.5) is 5.69 Å². The molecule has 0 bridgehead atoms. The second-order valence-electron chi connectivity index (χ2n) is 8.91. The molecule has 1 aliphatic carbocycles. The van der Waals surface area contributed by atoms with Crippen LogP contribution in [-0.2, 0) is 6.42 Å². The summed E-state index contributed by atoms with van der Waals surface area (Å²) in [5, 5.41) is 3.07. The van der Waals surface area contributed by atoms with E-state index in [0.29, 0.717) is 35.5 Å². The van der Waals surface area contributed by atoms with Gasteiger partial charge in [-0.15, -0.1) is 11.3 Å². The molecule has 6 rings (SSSR count). The number of pyridine rings is 2. The minimum Gasteiger partial charge on any atom is -0.478 e. The molecule has 1 fully saturated rings. The maximum atomic E-state index is 13.7. The lowest BCUT2D eigenvalue weighted by molar-refractivity contribution is 0.0952. The molecule has 3 aromatic heterocycles. The summed E-state index contributed by atoms with van der Waals surface area (Å²) in [4.78, 5) is 38.5. The number of anilines is 1. The number of thiophene rings is 1. The molecule has 1 N–H and O–H groups in total. The number of benzene rings is 1. The molecule has 4 heterocycles. The fourth-order valence-electron chi connectivity index (χ4n) is 4.35. The van der Waals surface area contributed by atoms with E-state index in [1.165, 1.54) is 18.4 Å². The van der Waals surface area contributed by atoms with E-state index < -0.39 is 0 Å². The van der Waals surface area contributed by atoms with Crippen molar-refractivity contribution >= 4 is 28.8 Å². The summed E-state index contributed by atoms with van der Waals surface area (Å²) >= 11 is 1.48. The lowest BCUT2D eigenvalue weighted by Gasteiger charge is -2.22. The van der Waals surface area contributed by atoms with Gasteiger partial charge in [-0.1, -0.05) is 24.3 Å². The second-order valence-corrected chi connectivity index (χ2v) is 9.96. The molecule has 2 amide bonds. The quantitative estimate of drug-likeness (QED) is 0.386. The number of fused-ring (bicyclic) bond motifs is 3. The number of hydrogen-bond acceptors (Lipinski definition) is 7. The maximum absolute atomic E-state index is 13.7. The lowest BCUT2D eigenvalue weighted by atomic mass is 10.1. The normalized spacial score (nSPS) is 14.2. The molecular formula is C28H24N4O4S. The summed E-state index contributed by atoms with van der Waals surface area (Å²) in [6, 6.07) is 18.7. The molecule has 4 aromatic rings. The van der Waals surface area contributed by atoms with Gasteiger partial charge in [-0.05, 0) is 55.2 Å². The van der Waals surface area contributed by atoms with Crippen molar-refractivity contribution in [3.63, 3.8) is 0 Å². The molecule has 0 unspecified atom stereocenters. The largest absolute Gasteiger partial charge is 0.478 e. The predicted octanol–water partition coefficient (Wildman–Crippen LogP) is 5.10. The van der Waals surface area contributed by atoms with Crippen LogP contribution in [0.25, 0.3) is 10.4 Å². The Balaban J connectivity index is 1.29. The summed E-state index contributed by atoms with van der Waals surface area (Å²) in [6.45, 7) is 0.465.